The molecule has 6 heteroatoms. The van der Waals surface area contributed by atoms with Crippen molar-refractivity contribution in [2.45, 2.75) is 62.0 Å². The minimum Gasteiger partial charge on any atom is -0.508 e. The zero-order valence-corrected chi connectivity index (χ0v) is 19.0. The molecule has 2 aromatic rings. The van der Waals surface area contributed by atoms with Gasteiger partial charge in [-0.25, -0.2) is 4.98 Å². The van der Waals surface area contributed by atoms with Gasteiger partial charge in [-0.1, -0.05) is 6.07 Å². The van der Waals surface area contributed by atoms with Gasteiger partial charge in [0.25, 0.3) is 0 Å². The Balaban J connectivity index is 1.33. The van der Waals surface area contributed by atoms with Crippen molar-refractivity contribution in [1.29, 1.82) is 0 Å². The molecule has 1 saturated carbocycles. The van der Waals surface area contributed by atoms with E-state index in [4.69, 9.17) is 0 Å². The van der Waals surface area contributed by atoms with Gasteiger partial charge in [-0.05, 0) is 80.8 Å². The highest BCUT2D eigenvalue weighted by molar-refractivity contribution is 7.09. The summed E-state index contributed by atoms with van der Waals surface area (Å²) < 4.78 is 0. The summed E-state index contributed by atoms with van der Waals surface area (Å²) in [5.41, 5.74) is 1.58. The monoisotopic (exact) mass is 439 g/mol. The Bertz CT molecular complexity index is 946. The molecule has 2 N–H and O–H groups in total. The molecule has 0 spiro atoms. The topological polar surface area (TPSA) is 59.8 Å². The van der Waals surface area contributed by atoms with Gasteiger partial charge in [0, 0.05) is 49.1 Å². The minimum absolute atomic E-state index is 0.192. The van der Waals surface area contributed by atoms with Crippen molar-refractivity contribution in [3.8, 4) is 5.75 Å². The number of aromatic nitrogens is 1. The third-order valence-electron chi connectivity index (χ3n) is 8.65. The van der Waals surface area contributed by atoms with E-state index in [1.807, 2.05) is 18.3 Å². The first kappa shape index (κ1) is 20.2. The predicted octanol–water partition coefficient (Wildman–Crippen LogP) is 3.20. The van der Waals surface area contributed by atoms with Crippen molar-refractivity contribution in [2.24, 2.45) is 5.92 Å². The fourth-order valence-electron chi connectivity index (χ4n) is 6.77. The Hall–Kier alpha value is -1.47. The summed E-state index contributed by atoms with van der Waals surface area (Å²) in [6.07, 6.45) is 9.24. The Morgan fingerprint density at radius 1 is 1.13 bits per heavy atom. The van der Waals surface area contributed by atoms with E-state index >= 15 is 0 Å². The number of aromatic hydroxyl groups is 1. The van der Waals surface area contributed by atoms with Crippen molar-refractivity contribution in [1.82, 2.24) is 14.8 Å². The van der Waals surface area contributed by atoms with Gasteiger partial charge >= 0.3 is 0 Å². The maximum Gasteiger partial charge on any atom is 0.115 e. The van der Waals surface area contributed by atoms with Crippen LogP contribution in [-0.4, -0.2) is 69.4 Å². The molecule has 0 radical (unpaired) electrons. The van der Waals surface area contributed by atoms with Crippen LogP contribution in [0.25, 0.3) is 0 Å². The minimum atomic E-state index is -0.725. The van der Waals surface area contributed by atoms with E-state index < -0.39 is 5.60 Å². The zero-order chi connectivity index (χ0) is 21.1. The highest BCUT2D eigenvalue weighted by atomic mass is 32.1. The third kappa shape index (κ3) is 3.34. The molecule has 3 atom stereocenters. The summed E-state index contributed by atoms with van der Waals surface area (Å²) >= 11 is 1.73. The molecule has 5 nitrogen and oxygen atoms in total. The van der Waals surface area contributed by atoms with Gasteiger partial charge in [-0.2, -0.15) is 0 Å². The van der Waals surface area contributed by atoms with Gasteiger partial charge in [0.05, 0.1) is 10.6 Å². The number of thiazole rings is 1. The quantitative estimate of drug-likeness (QED) is 0.749. The van der Waals surface area contributed by atoms with Gasteiger partial charge in [-0.15, -0.1) is 11.3 Å². The lowest BCUT2D eigenvalue weighted by Gasteiger charge is -2.61. The molecule has 6 rings (SSSR count). The molecule has 0 unspecified atom stereocenters. The number of likely N-dealkylation sites (tertiary alicyclic amines) is 2. The molecule has 2 bridgehead atoms. The number of fused-ring (bicyclic) bond motifs is 1. The average Bonchev–Trinajstić information content (AvgIpc) is 3.46. The van der Waals surface area contributed by atoms with Gasteiger partial charge in [0.2, 0.25) is 0 Å². The normalized spacial score (nSPS) is 33.5. The lowest BCUT2D eigenvalue weighted by Crippen LogP contribution is -2.71. The molecular weight excluding hydrogens is 406 g/mol. The molecule has 1 aromatic heterocycles. The molecule has 2 aliphatic heterocycles. The van der Waals surface area contributed by atoms with Crippen LogP contribution < -0.4 is 0 Å². The van der Waals surface area contributed by atoms with Crippen LogP contribution in [0.1, 0.15) is 48.2 Å². The highest BCUT2D eigenvalue weighted by Crippen LogP contribution is 2.56. The first-order valence-electron chi connectivity index (χ1n) is 12.0. The number of piperidine rings is 1. The molecule has 4 aliphatic rings. The summed E-state index contributed by atoms with van der Waals surface area (Å²) in [5.74, 6) is 1.16. The van der Waals surface area contributed by atoms with Crippen LogP contribution in [0.4, 0.5) is 0 Å². The van der Waals surface area contributed by atoms with Crippen molar-refractivity contribution in [3.63, 3.8) is 0 Å². The molecular formula is C25H33N3O2S. The number of phenolic OH excluding ortho intramolecular Hbond substituents is 1. The van der Waals surface area contributed by atoms with Gasteiger partial charge in [0.1, 0.15) is 5.75 Å². The summed E-state index contributed by atoms with van der Waals surface area (Å²) in [6, 6.07) is 6.11. The summed E-state index contributed by atoms with van der Waals surface area (Å²) in [6.45, 7) is 5.15. The highest BCUT2D eigenvalue weighted by Gasteiger charge is 2.63. The van der Waals surface area contributed by atoms with E-state index in [2.05, 4.69) is 26.2 Å². The maximum atomic E-state index is 12.5. The van der Waals surface area contributed by atoms with Crippen LogP contribution in [-0.2, 0) is 18.3 Å². The Morgan fingerprint density at radius 2 is 1.97 bits per heavy atom. The second kappa shape index (κ2) is 7.55. The number of phenols is 1. The predicted molar refractivity (Wildman–Crippen MR) is 123 cm³/mol. The number of nitrogens with zero attached hydrogens (tertiary/aromatic N) is 3. The van der Waals surface area contributed by atoms with Gasteiger partial charge in [-0.3, -0.25) is 4.90 Å². The van der Waals surface area contributed by atoms with Crippen LogP contribution in [0.15, 0.2) is 29.8 Å². The molecule has 3 heterocycles. The number of aliphatic hydroxyl groups is 1. The third-order valence-corrected chi connectivity index (χ3v) is 9.49. The lowest BCUT2D eigenvalue weighted by molar-refractivity contribution is -0.149. The summed E-state index contributed by atoms with van der Waals surface area (Å²) in [5, 5.41) is 26.1. The molecule has 2 saturated heterocycles. The van der Waals surface area contributed by atoms with Crippen LogP contribution in [0, 0.1) is 5.92 Å². The second-order valence-corrected chi connectivity index (χ2v) is 11.3. The number of rotatable bonds is 5. The van der Waals surface area contributed by atoms with Crippen molar-refractivity contribution < 1.29 is 10.2 Å². The largest absolute Gasteiger partial charge is 0.508 e. The Kier molecular flexibility index (Phi) is 4.91. The molecule has 2 aliphatic carbocycles. The number of hydrogen-bond donors (Lipinski definition) is 2. The molecule has 0 amide bonds. The second-order valence-electron chi connectivity index (χ2n) is 10.3. The standard InChI is InChI=1S/C25H33N3O2S/c29-20-4-3-19-15-22-25(30)8-12-27(10-5-23-26-9-14-31-23)11-6-24(25,21(19)16-20)7-13-28(22)17-18-1-2-18/h3-4,9,14,16,18,22,29-30H,1-2,5-8,10-13,15,17H2/t22-,24+,25-/m1/s1. The van der Waals surface area contributed by atoms with E-state index in [0.29, 0.717) is 5.75 Å². The maximum absolute atomic E-state index is 12.5. The smallest absolute Gasteiger partial charge is 0.115 e. The van der Waals surface area contributed by atoms with Crippen molar-refractivity contribution in [2.75, 3.05) is 32.7 Å². The molecule has 3 fully saturated rings. The zero-order valence-electron chi connectivity index (χ0n) is 18.2. The van der Waals surface area contributed by atoms with Crippen molar-refractivity contribution >= 4 is 11.3 Å². The van der Waals surface area contributed by atoms with E-state index in [0.717, 1.165) is 70.7 Å². The van der Waals surface area contributed by atoms with Crippen LogP contribution in [0.2, 0.25) is 0 Å². The first-order valence-corrected chi connectivity index (χ1v) is 12.8. The van der Waals surface area contributed by atoms with E-state index in [1.54, 1.807) is 11.3 Å². The average molecular weight is 440 g/mol. The van der Waals surface area contributed by atoms with E-state index in [1.165, 1.54) is 29.0 Å². The lowest BCUT2D eigenvalue weighted by atomic mass is 9.52. The number of hydrogen-bond acceptors (Lipinski definition) is 6. The van der Waals surface area contributed by atoms with Crippen LogP contribution >= 0.6 is 11.3 Å². The van der Waals surface area contributed by atoms with Crippen LogP contribution in [0.5, 0.6) is 5.75 Å². The van der Waals surface area contributed by atoms with Crippen molar-refractivity contribution in [3.05, 3.63) is 45.9 Å². The fraction of sp³-hybridized carbons (Fsp3) is 0.640. The Morgan fingerprint density at radius 3 is 2.77 bits per heavy atom. The first-order chi connectivity index (χ1) is 15.1. The fourth-order valence-corrected chi connectivity index (χ4v) is 7.38. The SMILES string of the molecule is Oc1ccc2c(c1)[C@@]13CCN(CCc4nccs4)CC[C@@]1(O)[C@@H](C2)N(CC1CC1)CC3. The Labute approximate surface area is 188 Å². The summed E-state index contributed by atoms with van der Waals surface area (Å²) in [7, 11) is 0. The van der Waals surface area contributed by atoms with Gasteiger partial charge in [0.15, 0.2) is 0 Å². The number of benzene rings is 1. The van der Waals surface area contributed by atoms with Gasteiger partial charge < -0.3 is 15.1 Å². The molecule has 166 valence electrons. The summed E-state index contributed by atoms with van der Waals surface area (Å²) in [4.78, 5) is 9.61. The molecule has 31 heavy (non-hydrogen) atoms. The van der Waals surface area contributed by atoms with E-state index in [9.17, 15) is 10.2 Å². The molecule has 1 aromatic carbocycles. The van der Waals surface area contributed by atoms with E-state index in [-0.39, 0.29) is 11.5 Å². The van der Waals surface area contributed by atoms with Crippen LogP contribution in [0.3, 0.4) is 0 Å².